The van der Waals surface area contributed by atoms with E-state index in [1.807, 2.05) is 51.4 Å². The first kappa shape index (κ1) is 27.8. The van der Waals surface area contributed by atoms with Gasteiger partial charge in [0.15, 0.2) is 0 Å². The van der Waals surface area contributed by atoms with Crippen LogP contribution < -0.4 is 20.9 Å². The summed E-state index contributed by atoms with van der Waals surface area (Å²) < 4.78 is 5.37. The molecule has 2 aliphatic rings. The fraction of sp³-hybridized carbons (Fsp3) is 0.593. The lowest BCUT2D eigenvalue weighted by Crippen LogP contribution is -2.45. The molecule has 37 heavy (non-hydrogen) atoms. The number of hydrogen-bond acceptors (Lipinski definition) is 8. The first-order valence-electron chi connectivity index (χ1n) is 13.1. The quantitative estimate of drug-likeness (QED) is 0.415. The van der Waals surface area contributed by atoms with E-state index in [4.69, 9.17) is 21.3 Å². The highest BCUT2D eigenvalue weighted by Crippen LogP contribution is 2.37. The summed E-state index contributed by atoms with van der Waals surface area (Å²) in [6.07, 6.45) is 7.40. The number of rotatable bonds is 7. The van der Waals surface area contributed by atoms with Crippen LogP contribution in [0.5, 0.6) is 0 Å². The SMILES string of the molecule is CC1(CNC(=O)OC(C)(C)C)CCN(c2cnc(Sc3cccc(NC4CCNCC4)c3Cl)cn2)CC1. The number of piperidine rings is 2. The average Bonchev–Trinajstić information content (AvgIpc) is 2.86. The largest absolute Gasteiger partial charge is 0.444 e. The van der Waals surface area contributed by atoms with E-state index < -0.39 is 5.60 Å². The van der Waals surface area contributed by atoms with Crippen LogP contribution in [0.3, 0.4) is 0 Å². The number of halogens is 1. The molecule has 0 unspecified atom stereocenters. The molecule has 10 heteroatoms. The minimum atomic E-state index is -0.491. The highest BCUT2D eigenvalue weighted by atomic mass is 35.5. The lowest BCUT2D eigenvalue weighted by atomic mass is 9.80. The normalized spacial score (nSPS) is 18.4. The summed E-state index contributed by atoms with van der Waals surface area (Å²) in [6.45, 7) is 12.2. The van der Waals surface area contributed by atoms with Crippen molar-refractivity contribution >= 4 is 41.0 Å². The minimum Gasteiger partial charge on any atom is -0.444 e. The minimum absolute atomic E-state index is 0.0283. The zero-order valence-electron chi connectivity index (χ0n) is 22.3. The van der Waals surface area contributed by atoms with Gasteiger partial charge in [0, 0.05) is 30.6 Å². The molecule has 1 amide bonds. The molecular formula is C27H39ClN6O2S. The van der Waals surface area contributed by atoms with Gasteiger partial charge in [-0.25, -0.2) is 14.8 Å². The molecule has 0 spiro atoms. The predicted molar refractivity (Wildman–Crippen MR) is 151 cm³/mol. The number of alkyl carbamates (subject to hydrolysis) is 1. The Bertz CT molecular complexity index is 1050. The van der Waals surface area contributed by atoms with Gasteiger partial charge in [-0.3, -0.25) is 0 Å². The van der Waals surface area contributed by atoms with Crippen LogP contribution in [0.25, 0.3) is 0 Å². The molecule has 2 aliphatic heterocycles. The zero-order valence-corrected chi connectivity index (χ0v) is 23.8. The van der Waals surface area contributed by atoms with E-state index in [-0.39, 0.29) is 11.5 Å². The van der Waals surface area contributed by atoms with E-state index in [0.29, 0.717) is 12.6 Å². The zero-order chi connectivity index (χ0) is 26.5. The maximum absolute atomic E-state index is 12.0. The maximum Gasteiger partial charge on any atom is 0.407 e. The molecule has 0 bridgehead atoms. The van der Waals surface area contributed by atoms with Crippen LogP contribution >= 0.6 is 23.4 Å². The van der Waals surface area contributed by atoms with E-state index in [9.17, 15) is 4.79 Å². The van der Waals surface area contributed by atoms with Gasteiger partial charge in [0.05, 0.1) is 23.1 Å². The number of anilines is 2. The Morgan fingerprint density at radius 2 is 1.95 bits per heavy atom. The van der Waals surface area contributed by atoms with Crippen molar-refractivity contribution in [2.75, 3.05) is 42.9 Å². The first-order valence-corrected chi connectivity index (χ1v) is 14.3. The molecule has 1 aromatic heterocycles. The van der Waals surface area contributed by atoms with Crippen molar-refractivity contribution in [3.05, 3.63) is 35.6 Å². The third kappa shape index (κ3) is 8.12. The molecule has 0 saturated carbocycles. The number of carbonyl (C=O) groups is 1. The molecule has 1 aromatic carbocycles. The molecule has 2 fully saturated rings. The number of aromatic nitrogens is 2. The van der Waals surface area contributed by atoms with Crippen molar-refractivity contribution in [3.8, 4) is 0 Å². The molecule has 8 nitrogen and oxygen atoms in total. The lowest BCUT2D eigenvalue weighted by molar-refractivity contribution is 0.0495. The van der Waals surface area contributed by atoms with Crippen molar-refractivity contribution in [2.45, 2.75) is 74.9 Å². The first-order chi connectivity index (χ1) is 17.6. The van der Waals surface area contributed by atoms with Gasteiger partial charge in [0.1, 0.15) is 16.4 Å². The van der Waals surface area contributed by atoms with Crippen molar-refractivity contribution in [2.24, 2.45) is 5.41 Å². The number of nitrogens with zero attached hydrogens (tertiary/aromatic N) is 3. The van der Waals surface area contributed by atoms with E-state index in [1.54, 1.807) is 0 Å². The van der Waals surface area contributed by atoms with Crippen LogP contribution in [0.15, 0.2) is 40.5 Å². The molecule has 0 aliphatic carbocycles. The van der Waals surface area contributed by atoms with Gasteiger partial charge in [0.2, 0.25) is 0 Å². The fourth-order valence-corrected chi connectivity index (χ4v) is 5.66. The van der Waals surface area contributed by atoms with E-state index in [2.05, 4.69) is 32.8 Å². The smallest absolute Gasteiger partial charge is 0.407 e. The molecule has 2 saturated heterocycles. The van der Waals surface area contributed by atoms with Gasteiger partial charge in [-0.2, -0.15) is 0 Å². The van der Waals surface area contributed by atoms with Gasteiger partial charge in [-0.15, -0.1) is 0 Å². The fourth-order valence-electron chi connectivity index (χ4n) is 4.58. The summed E-state index contributed by atoms with van der Waals surface area (Å²) >= 11 is 8.27. The van der Waals surface area contributed by atoms with E-state index >= 15 is 0 Å². The molecule has 0 atom stereocenters. The Hall–Kier alpha value is -2.23. The monoisotopic (exact) mass is 546 g/mol. The molecule has 0 radical (unpaired) electrons. The van der Waals surface area contributed by atoms with Crippen molar-refractivity contribution in [1.29, 1.82) is 0 Å². The summed E-state index contributed by atoms with van der Waals surface area (Å²) in [5, 5.41) is 11.5. The Balaban J connectivity index is 1.29. The van der Waals surface area contributed by atoms with Gasteiger partial charge in [0.25, 0.3) is 0 Å². The van der Waals surface area contributed by atoms with Crippen molar-refractivity contribution in [3.63, 3.8) is 0 Å². The number of carbonyl (C=O) groups excluding carboxylic acids is 1. The van der Waals surface area contributed by atoms with E-state index in [1.165, 1.54) is 11.8 Å². The van der Waals surface area contributed by atoms with Gasteiger partial charge < -0.3 is 25.6 Å². The lowest BCUT2D eigenvalue weighted by Gasteiger charge is -2.40. The second kappa shape index (κ2) is 12.1. The summed E-state index contributed by atoms with van der Waals surface area (Å²) in [4.78, 5) is 24.6. The van der Waals surface area contributed by atoms with E-state index in [0.717, 1.165) is 78.3 Å². The molecular weight excluding hydrogens is 508 g/mol. The van der Waals surface area contributed by atoms with Crippen LogP contribution in [0.1, 0.15) is 53.4 Å². The number of ether oxygens (including phenoxy) is 1. The molecule has 3 heterocycles. The summed E-state index contributed by atoms with van der Waals surface area (Å²) in [7, 11) is 0. The van der Waals surface area contributed by atoms with Crippen LogP contribution in [0.4, 0.5) is 16.3 Å². The standard InChI is InChI=1S/C27H39ClN6O2S/c1-26(2,3)36-25(35)32-18-27(4)10-14-34(15-11-27)22-16-31-23(17-30-22)37-21-7-5-6-20(24(21)28)33-19-8-12-29-13-9-19/h5-7,16-17,19,29,33H,8-15,18H2,1-4H3,(H,32,35). The number of hydrogen-bond donors (Lipinski definition) is 3. The van der Waals surface area contributed by atoms with Crippen LogP contribution in [0.2, 0.25) is 5.02 Å². The Labute approximate surface area is 229 Å². The summed E-state index contributed by atoms with van der Waals surface area (Å²) in [6, 6.07) is 6.53. The topological polar surface area (TPSA) is 91.4 Å². The van der Waals surface area contributed by atoms with Crippen molar-refractivity contribution in [1.82, 2.24) is 20.6 Å². The molecule has 202 valence electrons. The number of nitrogens with one attached hydrogen (secondary N) is 3. The second-order valence-electron chi connectivity index (χ2n) is 11.3. The highest BCUT2D eigenvalue weighted by molar-refractivity contribution is 7.99. The van der Waals surface area contributed by atoms with Gasteiger partial charge in [-0.1, -0.05) is 36.4 Å². The Kier molecular flexibility index (Phi) is 9.08. The summed E-state index contributed by atoms with van der Waals surface area (Å²) in [5.74, 6) is 0.874. The number of amides is 1. The molecule has 2 aromatic rings. The number of benzene rings is 1. The Morgan fingerprint density at radius 1 is 1.22 bits per heavy atom. The van der Waals surface area contributed by atoms with Crippen LogP contribution in [0, 0.1) is 5.41 Å². The molecule has 3 N–H and O–H groups in total. The van der Waals surface area contributed by atoms with Gasteiger partial charge >= 0.3 is 6.09 Å². The van der Waals surface area contributed by atoms with Crippen LogP contribution in [-0.2, 0) is 4.74 Å². The maximum atomic E-state index is 12.0. The average molecular weight is 547 g/mol. The predicted octanol–water partition coefficient (Wildman–Crippen LogP) is 5.58. The second-order valence-corrected chi connectivity index (χ2v) is 12.7. The Morgan fingerprint density at radius 3 is 2.59 bits per heavy atom. The highest BCUT2D eigenvalue weighted by Gasteiger charge is 2.31. The molecule has 4 rings (SSSR count). The third-order valence-electron chi connectivity index (χ3n) is 6.84. The van der Waals surface area contributed by atoms with Crippen LogP contribution in [-0.4, -0.2) is 60.4 Å². The van der Waals surface area contributed by atoms with Gasteiger partial charge in [-0.05, 0) is 77.1 Å². The van der Waals surface area contributed by atoms with Crippen molar-refractivity contribution < 1.29 is 9.53 Å². The third-order valence-corrected chi connectivity index (χ3v) is 8.34. The summed E-state index contributed by atoms with van der Waals surface area (Å²) in [5.41, 5.74) is 0.510.